The number of aliphatic carboxylic acids is 2. The number of aliphatic hydroxyl groups is 1. The number of carboxylic acid groups (broad SMARTS) is 2. The molecular weight excluding hydrogens is 382 g/mol. The number of nitrogens with one attached hydrogen (secondary N) is 3. The third-order valence-electron chi connectivity index (χ3n) is 3.28. The fourth-order valence-electron chi connectivity index (χ4n) is 1.84. The van der Waals surface area contributed by atoms with E-state index in [-0.39, 0.29) is 6.42 Å². The van der Waals surface area contributed by atoms with Crippen LogP contribution in [0.3, 0.4) is 0 Å². The number of nitrogens with two attached hydrogens (primary N) is 2. The standard InChI is InChI=1S/C14H23N5O9/c15-6(5-20)12(25)17-4-10(22)18-7(1-2-11(23)24)13(26)19-8(14(27)28)3-9(16)21/h6-8,20H,1-5,15H2,(H2,16,21)(H,17,25)(H,18,22)(H,19,26)(H,23,24)(H,27,28). The normalized spacial score (nSPS) is 13.5. The zero-order valence-electron chi connectivity index (χ0n) is 14.7. The maximum atomic E-state index is 12.2. The molecular formula is C14H23N5O9. The number of carbonyl (C=O) groups excluding carboxylic acids is 4. The summed E-state index contributed by atoms with van der Waals surface area (Å²) in [6.07, 6.45) is -1.64. The molecule has 3 atom stereocenters. The molecule has 0 fully saturated rings. The minimum absolute atomic E-state index is 0.389. The Morgan fingerprint density at radius 3 is 2.00 bits per heavy atom. The summed E-state index contributed by atoms with van der Waals surface area (Å²) in [5.41, 5.74) is 10.1. The molecule has 28 heavy (non-hydrogen) atoms. The number of aliphatic hydroxyl groups excluding tert-OH is 1. The van der Waals surface area contributed by atoms with Gasteiger partial charge in [0.15, 0.2) is 0 Å². The molecule has 0 saturated carbocycles. The van der Waals surface area contributed by atoms with Crippen LogP contribution in [0.1, 0.15) is 19.3 Å². The summed E-state index contributed by atoms with van der Waals surface area (Å²) in [4.78, 5) is 68.1. The van der Waals surface area contributed by atoms with Gasteiger partial charge in [-0.25, -0.2) is 4.79 Å². The lowest BCUT2D eigenvalue weighted by atomic mass is 10.1. The second-order valence-electron chi connectivity index (χ2n) is 5.63. The maximum Gasteiger partial charge on any atom is 0.326 e. The summed E-state index contributed by atoms with van der Waals surface area (Å²) in [6, 6.07) is -4.39. The van der Waals surface area contributed by atoms with Gasteiger partial charge in [-0.3, -0.25) is 24.0 Å². The summed E-state index contributed by atoms with van der Waals surface area (Å²) in [6.45, 7) is -1.29. The van der Waals surface area contributed by atoms with E-state index in [9.17, 15) is 28.8 Å². The third-order valence-corrected chi connectivity index (χ3v) is 3.28. The first kappa shape index (κ1) is 24.7. The molecule has 0 aromatic heterocycles. The molecule has 0 aliphatic carbocycles. The van der Waals surface area contributed by atoms with Crippen molar-refractivity contribution in [2.45, 2.75) is 37.4 Å². The van der Waals surface area contributed by atoms with Crippen molar-refractivity contribution in [3.05, 3.63) is 0 Å². The van der Waals surface area contributed by atoms with Gasteiger partial charge in [0.05, 0.1) is 19.6 Å². The average Bonchev–Trinajstić information content (AvgIpc) is 2.60. The second kappa shape index (κ2) is 12.2. The van der Waals surface area contributed by atoms with Crippen molar-refractivity contribution in [2.75, 3.05) is 13.2 Å². The Kier molecular flexibility index (Phi) is 10.8. The molecule has 14 nitrogen and oxygen atoms in total. The van der Waals surface area contributed by atoms with E-state index in [1.54, 1.807) is 0 Å². The first-order valence-electron chi connectivity index (χ1n) is 7.94. The van der Waals surface area contributed by atoms with Gasteiger partial charge >= 0.3 is 11.9 Å². The van der Waals surface area contributed by atoms with Crippen LogP contribution in [0.4, 0.5) is 0 Å². The maximum absolute atomic E-state index is 12.2. The first-order valence-corrected chi connectivity index (χ1v) is 7.94. The van der Waals surface area contributed by atoms with Gasteiger partial charge in [0.1, 0.15) is 18.1 Å². The van der Waals surface area contributed by atoms with Gasteiger partial charge in [-0.2, -0.15) is 0 Å². The zero-order valence-corrected chi connectivity index (χ0v) is 14.7. The summed E-state index contributed by atoms with van der Waals surface area (Å²) in [5.74, 6) is -6.62. The number of primary amides is 1. The van der Waals surface area contributed by atoms with E-state index in [1.165, 1.54) is 0 Å². The van der Waals surface area contributed by atoms with Crippen LogP contribution in [0.5, 0.6) is 0 Å². The summed E-state index contributed by atoms with van der Waals surface area (Å²) in [5, 5.41) is 32.7. The fraction of sp³-hybridized carbons (Fsp3) is 0.571. The van der Waals surface area contributed by atoms with E-state index in [2.05, 4.69) is 10.6 Å². The molecule has 0 heterocycles. The number of carboxylic acids is 2. The van der Waals surface area contributed by atoms with E-state index in [0.29, 0.717) is 0 Å². The molecule has 4 amide bonds. The molecule has 0 saturated heterocycles. The second-order valence-corrected chi connectivity index (χ2v) is 5.63. The van der Waals surface area contributed by atoms with E-state index in [0.717, 1.165) is 0 Å². The number of hydrogen-bond donors (Lipinski definition) is 8. The van der Waals surface area contributed by atoms with Gasteiger partial charge in [-0.15, -0.1) is 0 Å². The molecule has 0 aliphatic heterocycles. The van der Waals surface area contributed by atoms with Gasteiger partial charge < -0.3 is 42.7 Å². The van der Waals surface area contributed by atoms with Crippen LogP contribution in [-0.4, -0.2) is 82.2 Å². The topological polar surface area (TPSA) is 251 Å². The van der Waals surface area contributed by atoms with Crippen molar-refractivity contribution in [1.82, 2.24) is 16.0 Å². The largest absolute Gasteiger partial charge is 0.481 e. The van der Waals surface area contributed by atoms with Crippen molar-refractivity contribution in [3.8, 4) is 0 Å². The number of carbonyl (C=O) groups is 6. The van der Waals surface area contributed by atoms with Crippen molar-refractivity contribution >= 4 is 35.6 Å². The minimum atomic E-state index is -1.67. The summed E-state index contributed by atoms with van der Waals surface area (Å²) < 4.78 is 0. The quantitative estimate of drug-likeness (QED) is 0.145. The van der Waals surface area contributed by atoms with E-state index >= 15 is 0 Å². The van der Waals surface area contributed by atoms with E-state index in [1.807, 2.05) is 5.32 Å². The van der Waals surface area contributed by atoms with Crippen molar-refractivity contribution < 1.29 is 44.1 Å². The molecule has 3 unspecified atom stereocenters. The van der Waals surface area contributed by atoms with Gasteiger partial charge in [0.25, 0.3) is 0 Å². The highest BCUT2D eigenvalue weighted by Crippen LogP contribution is 2.01. The average molecular weight is 405 g/mol. The molecule has 0 aliphatic rings. The highest BCUT2D eigenvalue weighted by Gasteiger charge is 2.28. The first-order chi connectivity index (χ1) is 13.0. The van der Waals surface area contributed by atoms with E-state index < -0.39 is 79.7 Å². The number of hydrogen-bond acceptors (Lipinski definition) is 8. The molecule has 0 aromatic rings. The lowest BCUT2D eigenvalue weighted by Crippen LogP contribution is -2.54. The highest BCUT2D eigenvalue weighted by molar-refractivity contribution is 5.93. The van der Waals surface area contributed by atoms with Crippen LogP contribution in [-0.2, 0) is 28.8 Å². The smallest absolute Gasteiger partial charge is 0.326 e. The van der Waals surface area contributed by atoms with Crippen LogP contribution in [0.2, 0.25) is 0 Å². The van der Waals surface area contributed by atoms with Gasteiger partial charge in [-0.05, 0) is 6.42 Å². The lowest BCUT2D eigenvalue weighted by Gasteiger charge is -2.21. The predicted molar refractivity (Wildman–Crippen MR) is 90.2 cm³/mol. The molecule has 0 spiro atoms. The molecule has 0 aromatic carbocycles. The predicted octanol–water partition coefficient (Wildman–Crippen LogP) is -4.78. The molecule has 0 radical (unpaired) electrons. The monoisotopic (exact) mass is 405 g/mol. The van der Waals surface area contributed by atoms with Crippen LogP contribution in [0.15, 0.2) is 0 Å². The molecule has 0 bridgehead atoms. The SMILES string of the molecule is NC(=O)CC(NC(=O)C(CCC(=O)O)NC(=O)CNC(=O)C(N)CO)C(=O)O. The van der Waals surface area contributed by atoms with Crippen LogP contribution in [0, 0.1) is 0 Å². The number of amides is 4. The van der Waals surface area contributed by atoms with Crippen molar-refractivity contribution in [1.29, 1.82) is 0 Å². The Bertz CT molecular complexity index is 624. The zero-order chi connectivity index (χ0) is 21.9. The lowest BCUT2D eigenvalue weighted by molar-refractivity contribution is -0.144. The third kappa shape index (κ3) is 10.0. The Hall–Kier alpha value is -3.26. The Morgan fingerprint density at radius 2 is 1.54 bits per heavy atom. The minimum Gasteiger partial charge on any atom is -0.481 e. The van der Waals surface area contributed by atoms with E-state index in [4.69, 9.17) is 26.8 Å². The fourth-order valence-corrected chi connectivity index (χ4v) is 1.84. The summed E-state index contributed by atoms with van der Waals surface area (Å²) in [7, 11) is 0. The molecule has 14 heteroatoms. The van der Waals surface area contributed by atoms with Crippen LogP contribution < -0.4 is 27.4 Å². The Balaban J connectivity index is 4.99. The molecule has 158 valence electrons. The van der Waals surface area contributed by atoms with Crippen LogP contribution >= 0.6 is 0 Å². The van der Waals surface area contributed by atoms with Crippen molar-refractivity contribution in [2.24, 2.45) is 11.5 Å². The molecule has 10 N–H and O–H groups in total. The molecule has 0 rings (SSSR count). The number of rotatable bonds is 13. The van der Waals surface area contributed by atoms with Crippen molar-refractivity contribution in [3.63, 3.8) is 0 Å². The summed E-state index contributed by atoms with van der Waals surface area (Å²) >= 11 is 0. The van der Waals surface area contributed by atoms with Gasteiger partial charge in [0.2, 0.25) is 23.6 Å². The Labute approximate surface area is 158 Å². The highest BCUT2D eigenvalue weighted by atomic mass is 16.4. The van der Waals surface area contributed by atoms with Gasteiger partial charge in [0, 0.05) is 6.42 Å². The Morgan fingerprint density at radius 1 is 0.929 bits per heavy atom. The van der Waals surface area contributed by atoms with Crippen LogP contribution in [0.25, 0.3) is 0 Å². The van der Waals surface area contributed by atoms with Gasteiger partial charge in [-0.1, -0.05) is 0 Å².